The largest absolute Gasteiger partial charge is 0.393 e. The van der Waals surface area contributed by atoms with Gasteiger partial charge in [-0.05, 0) is 43.0 Å². The lowest BCUT2D eigenvalue weighted by molar-refractivity contribution is -0.136. The maximum Gasteiger partial charge on any atom is 0.255 e. The van der Waals surface area contributed by atoms with Crippen molar-refractivity contribution in [1.29, 1.82) is 0 Å². The second-order valence-corrected chi connectivity index (χ2v) is 8.16. The predicted molar refractivity (Wildman–Crippen MR) is 92.4 cm³/mol. The minimum atomic E-state index is -0.570. The molecule has 1 spiro atoms. The maximum absolute atomic E-state index is 12.7. The van der Waals surface area contributed by atoms with E-state index in [0.717, 1.165) is 37.2 Å². The molecule has 3 fully saturated rings. The number of amides is 3. The van der Waals surface area contributed by atoms with Crippen molar-refractivity contribution in [2.75, 3.05) is 18.0 Å². The fraction of sp³-hybridized carbons (Fsp3) is 0.526. The summed E-state index contributed by atoms with van der Waals surface area (Å²) in [6.07, 6.45) is 2.28. The van der Waals surface area contributed by atoms with Crippen molar-refractivity contribution >= 4 is 23.4 Å². The van der Waals surface area contributed by atoms with Gasteiger partial charge in [0.1, 0.15) is 6.04 Å². The summed E-state index contributed by atoms with van der Waals surface area (Å²) < 4.78 is 0. The molecular formula is C19H21N3O4. The summed E-state index contributed by atoms with van der Waals surface area (Å²) in [6.45, 7) is 2.31. The van der Waals surface area contributed by atoms with Crippen LogP contribution in [0.25, 0.3) is 0 Å². The van der Waals surface area contributed by atoms with E-state index >= 15 is 0 Å². The first-order valence-electron chi connectivity index (χ1n) is 9.15. The smallest absolute Gasteiger partial charge is 0.255 e. The van der Waals surface area contributed by atoms with Crippen molar-refractivity contribution < 1.29 is 19.5 Å². The van der Waals surface area contributed by atoms with Crippen molar-refractivity contribution in [3.8, 4) is 0 Å². The van der Waals surface area contributed by atoms with Gasteiger partial charge in [0, 0.05) is 42.7 Å². The number of benzene rings is 1. The van der Waals surface area contributed by atoms with Gasteiger partial charge in [0.15, 0.2) is 0 Å². The molecule has 1 aromatic carbocycles. The van der Waals surface area contributed by atoms with Gasteiger partial charge < -0.3 is 14.9 Å². The van der Waals surface area contributed by atoms with E-state index in [9.17, 15) is 19.5 Å². The van der Waals surface area contributed by atoms with Crippen molar-refractivity contribution in [3.63, 3.8) is 0 Å². The van der Waals surface area contributed by atoms with Crippen molar-refractivity contribution in [1.82, 2.24) is 10.2 Å². The fourth-order valence-corrected chi connectivity index (χ4v) is 4.90. The number of nitrogens with one attached hydrogen (secondary N) is 1. The summed E-state index contributed by atoms with van der Waals surface area (Å²) in [5.41, 5.74) is 2.96. The van der Waals surface area contributed by atoms with Crippen LogP contribution < -0.4 is 10.2 Å². The number of carbonyl (C=O) groups excluding carboxylic acids is 3. The van der Waals surface area contributed by atoms with E-state index in [1.807, 2.05) is 18.2 Å². The Hall–Kier alpha value is -2.41. The van der Waals surface area contributed by atoms with Gasteiger partial charge in [0.2, 0.25) is 11.8 Å². The molecule has 4 aliphatic rings. The van der Waals surface area contributed by atoms with Crippen molar-refractivity contribution in [2.45, 2.75) is 44.4 Å². The lowest BCUT2D eigenvalue weighted by Gasteiger charge is -2.58. The van der Waals surface area contributed by atoms with Gasteiger partial charge in [-0.3, -0.25) is 19.7 Å². The third-order valence-corrected chi connectivity index (χ3v) is 6.26. The summed E-state index contributed by atoms with van der Waals surface area (Å²) in [7, 11) is 0. The highest BCUT2D eigenvalue weighted by molar-refractivity contribution is 6.05. The Morgan fingerprint density at radius 1 is 1.15 bits per heavy atom. The molecule has 7 nitrogen and oxygen atoms in total. The van der Waals surface area contributed by atoms with Gasteiger partial charge >= 0.3 is 0 Å². The summed E-state index contributed by atoms with van der Waals surface area (Å²) >= 11 is 0. The molecule has 0 radical (unpaired) electrons. The first-order chi connectivity index (χ1) is 12.4. The lowest BCUT2D eigenvalue weighted by Crippen LogP contribution is -2.63. The van der Waals surface area contributed by atoms with Crippen LogP contribution in [0.5, 0.6) is 0 Å². The standard InChI is InChI=1S/C19H21N3O4/c23-13-6-19(7-13)9-21(10-19)12-1-2-14-11(5-12)8-22(18(14)26)15-3-4-16(24)20-17(15)25/h1-2,5,13,15,23H,3-4,6-10H2,(H,20,24,25). The molecule has 1 atom stereocenters. The minimum absolute atomic E-state index is 0.136. The number of nitrogens with zero attached hydrogens (tertiary/aromatic N) is 2. The van der Waals surface area contributed by atoms with Crippen LogP contribution in [-0.4, -0.2) is 53.0 Å². The zero-order valence-corrected chi connectivity index (χ0v) is 14.4. The number of rotatable bonds is 2. The van der Waals surface area contributed by atoms with Gasteiger partial charge in [-0.15, -0.1) is 0 Å². The van der Waals surface area contributed by atoms with Crippen LogP contribution in [0.1, 0.15) is 41.6 Å². The number of fused-ring (bicyclic) bond motifs is 1. The number of hydrogen-bond acceptors (Lipinski definition) is 5. The molecule has 1 aliphatic carbocycles. The van der Waals surface area contributed by atoms with Crippen LogP contribution in [0.4, 0.5) is 5.69 Å². The Labute approximate surface area is 151 Å². The number of carbonyl (C=O) groups is 3. The van der Waals surface area contributed by atoms with E-state index in [-0.39, 0.29) is 35.7 Å². The Bertz CT molecular complexity index is 822. The summed E-state index contributed by atoms with van der Waals surface area (Å²) in [6, 6.07) is 5.28. The molecule has 3 amide bonds. The van der Waals surface area contributed by atoms with E-state index in [1.165, 1.54) is 0 Å². The highest BCUT2D eigenvalue weighted by Crippen LogP contribution is 2.49. The van der Waals surface area contributed by atoms with Crippen LogP contribution in [0.2, 0.25) is 0 Å². The van der Waals surface area contributed by atoms with E-state index in [1.54, 1.807) is 4.90 Å². The van der Waals surface area contributed by atoms with Crippen LogP contribution in [0.3, 0.4) is 0 Å². The van der Waals surface area contributed by atoms with Crippen LogP contribution in [0.15, 0.2) is 18.2 Å². The van der Waals surface area contributed by atoms with Crippen LogP contribution >= 0.6 is 0 Å². The number of anilines is 1. The maximum atomic E-state index is 12.7. The highest BCUT2D eigenvalue weighted by atomic mass is 16.3. The molecule has 3 heterocycles. The molecule has 1 aromatic rings. The van der Waals surface area contributed by atoms with Crippen LogP contribution in [0, 0.1) is 5.41 Å². The SMILES string of the molecule is O=C1CCC(N2Cc3cc(N4CC5(CC(O)C5)C4)ccc3C2=O)C(=O)N1. The topological polar surface area (TPSA) is 90.0 Å². The third kappa shape index (κ3) is 2.26. The van der Waals surface area contributed by atoms with Crippen molar-refractivity contribution in [3.05, 3.63) is 29.3 Å². The number of aliphatic hydroxyl groups is 1. The first-order valence-corrected chi connectivity index (χ1v) is 9.15. The van der Waals surface area contributed by atoms with E-state index in [4.69, 9.17) is 0 Å². The van der Waals surface area contributed by atoms with Gasteiger partial charge in [0.25, 0.3) is 5.91 Å². The molecule has 2 saturated heterocycles. The average molecular weight is 355 g/mol. The van der Waals surface area contributed by atoms with E-state index in [0.29, 0.717) is 18.5 Å². The summed E-state index contributed by atoms with van der Waals surface area (Å²) in [5, 5.41) is 11.9. The second-order valence-electron chi connectivity index (χ2n) is 8.16. The van der Waals surface area contributed by atoms with E-state index in [2.05, 4.69) is 10.2 Å². The number of aliphatic hydroxyl groups excluding tert-OH is 1. The van der Waals surface area contributed by atoms with Crippen LogP contribution in [-0.2, 0) is 16.1 Å². The fourth-order valence-electron chi connectivity index (χ4n) is 4.90. The minimum Gasteiger partial charge on any atom is -0.393 e. The molecule has 2 N–H and O–H groups in total. The van der Waals surface area contributed by atoms with Crippen molar-refractivity contribution in [2.24, 2.45) is 5.41 Å². The predicted octanol–water partition coefficient (Wildman–Crippen LogP) is 0.409. The molecule has 1 saturated carbocycles. The molecule has 7 heteroatoms. The second kappa shape index (κ2) is 5.30. The highest BCUT2D eigenvalue weighted by Gasteiger charge is 2.52. The quantitative estimate of drug-likeness (QED) is 0.750. The molecule has 5 rings (SSSR count). The Balaban J connectivity index is 1.32. The normalized spacial score (nSPS) is 27.3. The lowest BCUT2D eigenvalue weighted by atomic mass is 9.62. The Morgan fingerprint density at radius 2 is 1.92 bits per heavy atom. The number of piperidine rings is 1. The molecule has 3 aliphatic heterocycles. The monoisotopic (exact) mass is 355 g/mol. The van der Waals surface area contributed by atoms with Gasteiger partial charge in [-0.25, -0.2) is 0 Å². The molecule has 0 bridgehead atoms. The molecule has 26 heavy (non-hydrogen) atoms. The first kappa shape index (κ1) is 15.8. The third-order valence-electron chi connectivity index (χ3n) is 6.26. The molecule has 1 unspecified atom stereocenters. The molecule has 136 valence electrons. The van der Waals surface area contributed by atoms with Gasteiger partial charge in [-0.2, -0.15) is 0 Å². The number of imide groups is 1. The number of hydrogen-bond donors (Lipinski definition) is 2. The Kier molecular flexibility index (Phi) is 3.22. The van der Waals surface area contributed by atoms with E-state index < -0.39 is 6.04 Å². The average Bonchev–Trinajstić information content (AvgIpc) is 2.86. The summed E-state index contributed by atoms with van der Waals surface area (Å²) in [5.74, 6) is -0.787. The molecular weight excluding hydrogens is 334 g/mol. The summed E-state index contributed by atoms with van der Waals surface area (Å²) in [4.78, 5) is 40.0. The Morgan fingerprint density at radius 3 is 2.62 bits per heavy atom. The zero-order chi connectivity index (χ0) is 18.1. The van der Waals surface area contributed by atoms with Gasteiger partial charge in [-0.1, -0.05) is 0 Å². The molecule has 0 aromatic heterocycles. The van der Waals surface area contributed by atoms with Gasteiger partial charge in [0.05, 0.1) is 6.10 Å². The zero-order valence-electron chi connectivity index (χ0n) is 14.4.